The number of aromatic nitrogens is 2. The Bertz CT molecular complexity index is 1290. The second kappa shape index (κ2) is 9.77. The molecule has 34 heavy (non-hydrogen) atoms. The van der Waals surface area contributed by atoms with Crippen molar-refractivity contribution in [1.82, 2.24) is 19.6 Å². The monoisotopic (exact) mass is 540 g/mol. The molecule has 1 amide bonds. The Morgan fingerprint density at radius 1 is 1.03 bits per heavy atom. The van der Waals surface area contributed by atoms with Gasteiger partial charge in [0, 0.05) is 36.0 Å². The van der Waals surface area contributed by atoms with Gasteiger partial charge < -0.3 is 14.4 Å². The number of nitrogens with zero attached hydrogens (tertiary/aromatic N) is 4. The van der Waals surface area contributed by atoms with E-state index in [1.165, 1.54) is 11.3 Å². The predicted octanol–water partition coefficient (Wildman–Crippen LogP) is 4.96. The van der Waals surface area contributed by atoms with Gasteiger partial charge in [0.25, 0.3) is 5.91 Å². The summed E-state index contributed by atoms with van der Waals surface area (Å²) in [6.07, 6.45) is 0. The number of hydrogen-bond acceptors (Lipinski definition) is 6. The van der Waals surface area contributed by atoms with E-state index >= 15 is 0 Å². The fourth-order valence-corrected chi connectivity index (χ4v) is 5.40. The number of benzene rings is 2. The average molecular weight is 541 g/mol. The number of ether oxygens (including phenoxy) is 2. The first kappa shape index (κ1) is 22.9. The number of rotatable bonds is 6. The second-order valence-corrected chi connectivity index (χ2v) is 10.1. The average Bonchev–Trinajstić information content (AvgIpc) is 3.44. The molecule has 1 saturated heterocycles. The molecule has 0 saturated carbocycles. The predicted molar refractivity (Wildman–Crippen MR) is 137 cm³/mol. The summed E-state index contributed by atoms with van der Waals surface area (Å²) in [6.45, 7) is 5.39. The molecule has 4 aromatic rings. The Morgan fingerprint density at radius 3 is 2.38 bits per heavy atom. The van der Waals surface area contributed by atoms with E-state index in [0.29, 0.717) is 19.8 Å². The van der Waals surface area contributed by atoms with Crippen molar-refractivity contribution >= 4 is 43.4 Å². The third-order valence-electron chi connectivity index (χ3n) is 5.96. The van der Waals surface area contributed by atoms with E-state index in [1.54, 1.807) is 7.11 Å². The number of fused-ring (bicyclic) bond motifs is 1. The largest absolute Gasteiger partial charge is 0.497 e. The summed E-state index contributed by atoms with van der Waals surface area (Å²) >= 11 is 4.98. The Hall–Kier alpha value is -2.88. The van der Waals surface area contributed by atoms with Crippen LogP contribution in [0.25, 0.3) is 15.9 Å². The molecule has 0 unspecified atom stereocenters. The smallest absolute Gasteiger partial charge is 0.264 e. The van der Waals surface area contributed by atoms with Crippen LogP contribution >= 0.6 is 27.3 Å². The topological polar surface area (TPSA) is 59.8 Å². The lowest BCUT2D eigenvalue weighted by atomic mass is 10.2. The molecule has 0 aliphatic carbocycles. The van der Waals surface area contributed by atoms with Gasteiger partial charge in [-0.05, 0) is 61.5 Å². The molecule has 7 nitrogen and oxygen atoms in total. The van der Waals surface area contributed by atoms with Crippen LogP contribution < -0.4 is 9.47 Å². The summed E-state index contributed by atoms with van der Waals surface area (Å²) in [4.78, 5) is 19.2. The van der Waals surface area contributed by atoms with Crippen LogP contribution in [-0.4, -0.2) is 65.5 Å². The normalized spacial score (nSPS) is 14.5. The zero-order valence-corrected chi connectivity index (χ0v) is 21.4. The van der Waals surface area contributed by atoms with Crippen molar-refractivity contribution in [3.8, 4) is 17.2 Å². The van der Waals surface area contributed by atoms with E-state index in [9.17, 15) is 4.79 Å². The van der Waals surface area contributed by atoms with Crippen LogP contribution in [0, 0.1) is 6.92 Å². The number of hydrogen-bond donors (Lipinski definition) is 0. The maximum Gasteiger partial charge on any atom is 0.264 e. The highest BCUT2D eigenvalue weighted by Crippen LogP contribution is 2.31. The molecule has 0 bridgehead atoms. The summed E-state index contributed by atoms with van der Waals surface area (Å²) in [5.41, 5.74) is 1.90. The maximum atomic E-state index is 13.3. The molecule has 2 aromatic carbocycles. The minimum atomic E-state index is 0.0821. The van der Waals surface area contributed by atoms with Crippen molar-refractivity contribution in [1.29, 1.82) is 0 Å². The molecule has 9 heteroatoms. The first-order chi connectivity index (χ1) is 16.5. The van der Waals surface area contributed by atoms with E-state index in [4.69, 9.17) is 9.47 Å². The molecule has 1 fully saturated rings. The van der Waals surface area contributed by atoms with Crippen molar-refractivity contribution in [3.63, 3.8) is 0 Å². The summed E-state index contributed by atoms with van der Waals surface area (Å²) in [6, 6.07) is 17.6. The third kappa shape index (κ3) is 4.68. The number of piperazine rings is 1. The minimum Gasteiger partial charge on any atom is -0.497 e. The Morgan fingerprint density at radius 2 is 1.71 bits per heavy atom. The fraction of sp³-hybridized carbons (Fsp3) is 0.280. The molecule has 0 N–H and O–H groups in total. The molecule has 1 aliphatic heterocycles. The van der Waals surface area contributed by atoms with Gasteiger partial charge in [0.1, 0.15) is 23.1 Å². The summed E-state index contributed by atoms with van der Waals surface area (Å²) in [7, 11) is 1.65. The standard InChI is InChI=1S/C25H25BrN4O3S/c1-17-22-15-23(34-25(22)30(27-17)19-5-3-18(26)4-6-19)24(31)29-13-11-28(12-14-29)16-33-21-9-7-20(32-2)8-10-21/h3-10,15H,11-14,16H2,1-2H3. The van der Waals surface area contributed by atoms with Crippen LogP contribution in [0.4, 0.5) is 0 Å². The molecule has 1 aliphatic rings. The molecule has 2 aromatic heterocycles. The number of aryl methyl sites for hydroxylation is 1. The molecule has 3 heterocycles. The van der Waals surface area contributed by atoms with Crippen LogP contribution in [0.2, 0.25) is 0 Å². The Labute approximate surface area is 210 Å². The van der Waals surface area contributed by atoms with E-state index in [-0.39, 0.29) is 5.91 Å². The van der Waals surface area contributed by atoms with Gasteiger partial charge in [-0.3, -0.25) is 9.69 Å². The molecule has 0 atom stereocenters. The molecular weight excluding hydrogens is 516 g/mol. The van der Waals surface area contributed by atoms with Crippen LogP contribution in [0.5, 0.6) is 11.5 Å². The van der Waals surface area contributed by atoms with Gasteiger partial charge in [-0.25, -0.2) is 4.68 Å². The number of thiophene rings is 1. The fourth-order valence-electron chi connectivity index (χ4n) is 3.98. The quantitative estimate of drug-likeness (QED) is 0.346. The zero-order chi connectivity index (χ0) is 23.7. The van der Waals surface area contributed by atoms with Gasteiger partial charge in [0.15, 0.2) is 0 Å². The highest BCUT2D eigenvalue weighted by Gasteiger charge is 2.25. The van der Waals surface area contributed by atoms with E-state index in [0.717, 1.165) is 55.5 Å². The van der Waals surface area contributed by atoms with Crippen molar-refractivity contribution < 1.29 is 14.3 Å². The van der Waals surface area contributed by atoms with Gasteiger partial charge in [0.05, 0.1) is 23.4 Å². The molecule has 176 valence electrons. The SMILES string of the molecule is COc1ccc(OCN2CCN(C(=O)c3cc4c(C)nn(-c5ccc(Br)cc5)c4s3)CC2)cc1. The van der Waals surface area contributed by atoms with Crippen molar-refractivity contribution in [3.05, 3.63) is 69.6 Å². The van der Waals surface area contributed by atoms with Gasteiger partial charge in [-0.15, -0.1) is 11.3 Å². The lowest BCUT2D eigenvalue weighted by Gasteiger charge is -2.34. The van der Waals surface area contributed by atoms with Gasteiger partial charge in [-0.2, -0.15) is 5.10 Å². The minimum absolute atomic E-state index is 0.0821. The zero-order valence-electron chi connectivity index (χ0n) is 19.0. The lowest BCUT2D eigenvalue weighted by Crippen LogP contribution is -2.49. The molecule has 5 rings (SSSR count). The summed E-state index contributed by atoms with van der Waals surface area (Å²) in [5, 5.41) is 5.72. The van der Waals surface area contributed by atoms with Crippen molar-refractivity contribution in [2.75, 3.05) is 40.0 Å². The van der Waals surface area contributed by atoms with Gasteiger partial charge >= 0.3 is 0 Å². The Kier molecular flexibility index (Phi) is 6.58. The van der Waals surface area contributed by atoms with Crippen LogP contribution in [-0.2, 0) is 0 Å². The van der Waals surface area contributed by atoms with E-state index in [1.807, 2.05) is 71.1 Å². The van der Waals surface area contributed by atoms with Gasteiger partial charge in [-0.1, -0.05) is 15.9 Å². The molecular formula is C25H25BrN4O3S. The number of methoxy groups -OCH3 is 1. The van der Waals surface area contributed by atoms with Crippen LogP contribution in [0.15, 0.2) is 59.1 Å². The van der Waals surface area contributed by atoms with Crippen LogP contribution in [0.3, 0.4) is 0 Å². The van der Waals surface area contributed by atoms with Crippen molar-refractivity contribution in [2.45, 2.75) is 6.92 Å². The highest BCUT2D eigenvalue weighted by atomic mass is 79.9. The second-order valence-electron chi connectivity index (χ2n) is 8.16. The molecule has 0 spiro atoms. The van der Waals surface area contributed by atoms with Crippen molar-refractivity contribution in [2.24, 2.45) is 0 Å². The number of carbonyl (C=O) groups excluding carboxylic acids is 1. The summed E-state index contributed by atoms with van der Waals surface area (Å²) < 4.78 is 14.0. The lowest BCUT2D eigenvalue weighted by molar-refractivity contribution is 0.0485. The first-order valence-corrected chi connectivity index (χ1v) is 12.7. The van der Waals surface area contributed by atoms with E-state index in [2.05, 4.69) is 25.9 Å². The first-order valence-electron chi connectivity index (χ1n) is 11.1. The molecule has 0 radical (unpaired) electrons. The van der Waals surface area contributed by atoms with Crippen LogP contribution in [0.1, 0.15) is 15.4 Å². The number of carbonyl (C=O) groups is 1. The number of halogens is 1. The maximum absolute atomic E-state index is 13.3. The van der Waals surface area contributed by atoms with Gasteiger partial charge in [0.2, 0.25) is 0 Å². The highest BCUT2D eigenvalue weighted by molar-refractivity contribution is 9.10. The third-order valence-corrected chi connectivity index (χ3v) is 7.59. The summed E-state index contributed by atoms with van der Waals surface area (Å²) in [5.74, 6) is 1.69. The number of amides is 1. The Balaban J connectivity index is 1.22. The van der Waals surface area contributed by atoms with E-state index < -0.39 is 0 Å².